The van der Waals surface area contributed by atoms with Crippen molar-refractivity contribution in [2.24, 2.45) is 11.5 Å². The van der Waals surface area contributed by atoms with Crippen molar-refractivity contribution < 1.29 is 10.2 Å². The molecule has 0 aliphatic heterocycles. The summed E-state index contributed by atoms with van der Waals surface area (Å²) in [4.78, 5) is 0. The van der Waals surface area contributed by atoms with Crippen LogP contribution in [-0.2, 0) is 5.54 Å². The molecule has 38 heavy (non-hydrogen) atoms. The number of rotatable bonds is 5. The molecule has 0 saturated carbocycles. The number of benzene rings is 6. The second-order valence-corrected chi connectivity index (χ2v) is 9.67. The Morgan fingerprint density at radius 1 is 0.579 bits per heavy atom. The molecule has 0 radical (unpaired) electrons. The molecule has 0 amide bonds. The molecule has 0 saturated heterocycles. The Bertz CT molecular complexity index is 1770. The number of aromatic hydroxyl groups is 2. The Balaban J connectivity index is 1.74. The maximum absolute atomic E-state index is 12.2. The second kappa shape index (κ2) is 9.34. The third-order valence-corrected chi connectivity index (χ3v) is 7.53. The quantitative estimate of drug-likeness (QED) is 0.207. The number of phenols is 2. The second-order valence-electron chi connectivity index (χ2n) is 9.67. The first-order valence-electron chi connectivity index (χ1n) is 12.6. The van der Waals surface area contributed by atoms with E-state index in [1.165, 1.54) is 0 Å². The molecule has 6 N–H and O–H groups in total. The molecule has 0 fully saturated rings. The van der Waals surface area contributed by atoms with Gasteiger partial charge in [-0.25, -0.2) is 0 Å². The van der Waals surface area contributed by atoms with Crippen LogP contribution in [0.3, 0.4) is 0 Å². The zero-order valence-corrected chi connectivity index (χ0v) is 20.8. The molecule has 6 aromatic carbocycles. The Morgan fingerprint density at radius 3 is 1.82 bits per heavy atom. The van der Waals surface area contributed by atoms with Crippen molar-refractivity contribution in [1.29, 1.82) is 0 Å². The molecule has 1 unspecified atom stereocenters. The smallest absolute Gasteiger partial charge is 0.129 e. The van der Waals surface area contributed by atoms with E-state index in [-0.39, 0.29) is 11.5 Å². The highest BCUT2D eigenvalue weighted by Gasteiger charge is 2.40. The molecule has 4 nitrogen and oxygen atoms in total. The van der Waals surface area contributed by atoms with Crippen molar-refractivity contribution >= 4 is 21.5 Å². The van der Waals surface area contributed by atoms with Crippen molar-refractivity contribution in [3.63, 3.8) is 0 Å². The van der Waals surface area contributed by atoms with E-state index in [1.54, 1.807) is 6.07 Å². The van der Waals surface area contributed by atoms with E-state index in [4.69, 9.17) is 11.5 Å². The molecule has 4 heteroatoms. The van der Waals surface area contributed by atoms with Crippen molar-refractivity contribution in [3.05, 3.63) is 144 Å². The van der Waals surface area contributed by atoms with Crippen LogP contribution in [0, 0.1) is 0 Å². The van der Waals surface area contributed by atoms with Gasteiger partial charge in [-0.1, -0.05) is 115 Å². The Hall–Kier alpha value is -4.64. The minimum Gasteiger partial charge on any atom is -0.507 e. The van der Waals surface area contributed by atoms with Gasteiger partial charge in [0.05, 0.1) is 11.6 Å². The predicted molar refractivity (Wildman–Crippen MR) is 155 cm³/mol. The van der Waals surface area contributed by atoms with Gasteiger partial charge in [-0.15, -0.1) is 0 Å². The zero-order chi connectivity index (χ0) is 26.3. The number of fused-ring (bicyclic) bond motifs is 2. The topological polar surface area (TPSA) is 92.5 Å². The summed E-state index contributed by atoms with van der Waals surface area (Å²) in [5, 5.41) is 26.8. The van der Waals surface area contributed by atoms with E-state index in [9.17, 15) is 10.2 Å². The lowest BCUT2D eigenvalue weighted by molar-refractivity contribution is 0.397. The summed E-state index contributed by atoms with van der Waals surface area (Å²) < 4.78 is 0. The van der Waals surface area contributed by atoms with Gasteiger partial charge in [0.1, 0.15) is 11.5 Å². The summed E-state index contributed by atoms with van der Waals surface area (Å²) in [6.45, 7) is 0. The molecular weight excluding hydrogens is 468 g/mol. The van der Waals surface area contributed by atoms with E-state index in [1.807, 2.05) is 121 Å². The van der Waals surface area contributed by atoms with Crippen LogP contribution in [0.4, 0.5) is 0 Å². The first-order valence-corrected chi connectivity index (χ1v) is 12.6. The minimum absolute atomic E-state index is 0.00640. The van der Waals surface area contributed by atoms with Crippen LogP contribution < -0.4 is 11.5 Å². The number of nitrogens with two attached hydrogens (primary N) is 2. The van der Waals surface area contributed by atoms with E-state index in [0.717, 1.165) is 32.7 Å². The van der Waals surface area contributed by atoms with Crippen molar-refractivity contribution in [3.8, 4) is 22.6 Å². The Morgan fingerprint density at radius 2 is 1.13 bits per heavy atom. The van der Waals surface area contributed by atoms with Crippen LogP contribution in [0.5, 0.6) is 11.5 Å². The van der Waals surface area contributed by atoms with Gasteiger partial charge in [0, 0.05) is 16.7 Å². The highest BCUT2D eigenvalue weighted by Crippen LogP contribution is 2.50. The van der Waals surface area contributed by atoms with Gasteiger partial charge >= 0.3 is 0 Å². The molecule has 186 valence electrons. The molecule has 0 aromatic heterocycles. The predicted octanol–water partition coefficient (Wildman–Crippen LogP) is 6.97. The van der Waals surface area contributed by atoms with Gasteiger partial charge in [-0.2, -0.15) is 0 Å². The largest absolute Gasteiger partial charge is 0.507 e. The average molecular weight is 497 g/mol. The summed E-state index contributed by atoms with van der Waals surface area (Å²) in [6.07, 6.45) is 0. The highest BCUT2D eigenvalue weighted by molar-refractivity contribution is 6.10. The normalized spacial score (nSPS) is 13.8. The van der Waals surface area contributed by atoms with Crippen LogP contribution in [-0.4, -0.2) is 10.2 Å². The fourth-order valence-corrected chi connectivity index (χ4v) is 5.57. The monoisotopic (exact) mass is 496 g/mol. The van der Waals surface area contributed by atoms with Gasteiger partial charge < -0.3 is 21.7 Å². The first-order chi connectivity index (χ1) is 18.5. The molecule has 0 heterocycles. The van der Waals surface area contributed by atoms with Crippen molar-refractivity contribution in [2.45, 2.75) is 11.6 Å². The number of phenolic OH excluding ortho intramolecular Hbond substituents is 2. The average Bonchev–Trinajstić information content (AvgIpc) is 2.97. The number of hydrogen-bond acceptors (Lipinski definition) is 4. The van der Waals surface area contributed by atoms with Gasteiger partial charge in [0.25, 0.3) is 0 Å². The summed E-state index contributed by atoms with van der Waals surface area (Å²) in [5.74, 6) is 0.0732. The van der Waals surface area contributed by atoms with E-state index in [0.29, 0.717) is 16.7 Å². The standard InChI is InChI=1S/C34H28N2O2/c35-33(23-12-3-1-4-13-23)34(36,25-15-5-2-6-16-25)28-21-24-14-8-10-18-27(24)31(32(28)38)30-26-17-9-7-11-22(26)19-20-29(30)37/h1-21,33,37-38H,35-36H2/t33?,34-/m0/s1. The summed E-state index contributed by atoms with van der Waals surface area (Å²) in [5.41, 5.74) is 16.2. The van der Waals surface area contributed by atoms with Crippen LogP contribution >= 0.6 is 0 Å². The van der Waals surface area contributed by atoms with Gasteiger partial charge in [0.15, 0.2) is 0 Å². The maximum Gasteiger partial charge on any atom is 0.129 e. The van der Waals surface area contributed by atoms with Crippen LogP contribution in [0.1, 0.15) is 22.7 Å². The summed E-state index contributed by atoms with van der Waals surface area (Å²) >= 11 is 0. The molecular formula is C34H28N2O2. The van der Waals surface area contributed by atoms with Gasteiger partial charge in [-0.05, 0) is 44.8 Å². The lowest BCUT2D eigenvalue weighted by Crippen LogP contribution is -2.47. The Labute approximate surface area is 221 Å². The van der Waals surface area contributed by atoms with Crippen molar-refractivity contribution in [2.75, 3.05) is 0 Å². The molecule has 0 spiro atoms. The lowest BCUT2D eigenvalue weighted by Gasteiger charge is -2.38. The summed E-state index contributed by atoms with van der Waals surface area (Å²) in [7, 11) is 0. The SMILES string of the molecule is NC(c1ccccc1)[C@](N)(c1ccccc1)c1cc2ccccc2c(-c2c(O)ccc3ccccc23)c1O. The van der Waals surface area contributed by atoms with Crippen molar-refractivity contribution in [1.82, 2.24) is 0 Å². The molecule has 0 aliphatic carbocycles. The van der Waals surface area contributed by atoms with Crippen LogP contribution in [0.2, 0.25) is 0 Å². The van der Waals surface area contributed by atoms with E-state index in [2.05, 4.69) is 0 Å². The van der Waals surface area contributed by atoms with E-state index < -0.39 is 11.6 Å². The fraction of sp³-hybridized carbons (Fsp3) is 0.0588. The van der Waals surface area contributed by atoms with Gasteiger partial charge in [-0.3, -0.25) is 0 Å². The summed E-state index contributed by atoms with van der Waals surface area (Å²) in [6, 6.07) is 39.8. The Kier molecular flexibility index (Phi) is 5.84. The zero-order valence-electron chi connectivity index (χ0n) is 20.8. The maximum atomic E-state index is 12.2. The van der Waals surface area contributed by atoms with Crippen LogP contribution in [0.15, 0.2) is 127 Å². The van der Waals surface area contributed by atoms with Gasteiger partial charge in [0.2, 0.25) is 0 Å². The number of hydrogen-bond donors (Lipinski definition) is 4. The lowest BCUT2D eigenvalue weighted by atomic mass is 9.73. The first kappa shape index (κ1) is 23.7. The molecule has 6 rings (SSSR count). The molecule has 2 atom stereocenters. The minimum atomic E-state index is -1.29. The molecule has 6 aromatic rings. The molecule has 0 aliphatic rings. The van der Waals surface area contributed by atoms with Crippen LogP contribution in [0.25, 0.3) is 32.7 Å². The molecule has 0 bridgehead atoms. The van der Waals surface area contributed by atoms with E-state index >= 15 is 0 Å². The fourth-order valence-electron chi connectivity index (χ4n) is 5.57. The highest BCUT2D eigenvalue weighted by atomic mass is 16.3. The third-order valence-electron chi connectivity index (χ3n) is 7.53. The third kappa shape index (κ3) is 3.70.